The SMILES string of the molecule is COC[C@H](C)Nc1cc(Cl)nc(Cl)n1. The van der Waals surface area contributed by atoms with Gasteiger partial charge in [0.1, 0.15) is 11.0 Å². The smallest absolute Gasteiger partial charge is 0.225 e. The third kappa shape index (κ3) is 3.65. The van der Waals surface area contributed by atoms with Crippen molar-refractivity contribution in [3.05, 3.63) is 16.5 Å². The molecule has 6 heteroatoms. The Hall–Kier alpha value is -0.580. The molecule has 0 fully saturated rings. The van der Waals surface area contributed by atoms with Crippen LogP contribution in [0, 0.1) is 0 Å². The monoisotopic (exact) mass is 235 g/mol. The summed E-state index contributed by atoms with van der Waals surface area (Å²) in [6.45, 7) is 2.55. The van der Waals surface area contributed by atoms with E-state index in [1.807, 2.05) is 6.92 Å². The molecule has 1 aromatic heterocycles. The Kier molecular flexibility index (Phi) is 4.38. The Balaban J connectivity index is 2.66. The first-order valence-electron chi connectivity index (χ1n) is 4.07. The molecule has 0 aliphatic rings. The Morgan fingerprint density at radius 1 is 1.50 bits per heavy atom. The van der Waals surface area contributed by atoms with Gasteiger partial charge in [0.25, 0.3) is 0 Å². The van der Waals surface area contributed by atoms with Crippen molar-refractivity contribution in [2.24, 2.45) is 0 Å². The van der Waals surface area contributed by atoms with Crippen LogP contribution in [0.25, 0.3) is 0 Å². The van der Waals surface area contributed by atoms with E-state index in [9.17, 15) is 0 Å². The molecule has 0 saturated heterocycles. The highest BCUT2D eigenvalue weighted by atomic mass is 35.5. The van der Waals surface area contributed by atoms with E-state index in [1.165, 1.54) is 0 Å². The summed E-state index contributed by atoms with van der Waals surface area (Å²) in [6, 6.07) is 1.75. The number of nitrogens with zero attached hydrogens (tertiary/aromatic N) is 2. The number of aromatic nitrogens is 2. The first-order chi connectivity index (χ1) is 6.61. The van der Waals surface area contributed by atoms with Gasteiger partial charge < -0.3 is 10.1 Å². The molecular formula is C8H11Cl2N3O. The highest BCUT2D eigenvalue weighted by molar-refractivity contribution is 6.32. The van der Waals surface area contributed by atoms with Gasteiger partial charge in [-0.2, -0.15) is 0 Å². The minimum atomic E-state index is 0.129. The maximum Gasteiger partial charge on any atom is 0.225 e. The standard InChI is InChI=1S/C8H11Cl2N3O/c1-5(4-14-2)11-7-3-6(9)12-8(10)13-7/h3,5H,4H2,1-2H3,(H,11,12,13)/t5-/m0/s1. The summed E-state index contributed by atoms with van der Waals surface area (Å²) >= 11 is 11.3. The number of ether oxygens (including phenoxy) is 1. The van der Waals surface area contributed by atoms with Gasteiger partial charge in [-0.15, -0.1) is 0 Å². The second-order valence-electron chi connectivity index (χ2n) is 2.85. The first kappa shape index (κ1) is 11.5. The third-order valence-corrected chi connectivity index (χ3v) is 1.84. The van der Waals surface area contributed by atoms with Crippen LogP contribution in [0.2, 0.25) is 10.4 Å². The Bertz CT molecular complexity index is 288. The fourth-order valence-electron chi connectivity index (χ4n) is 1.01. The summed E-state index contributed by atoms with van der Waals surface area (Å²) in [7, 11) is 1.64. The summed E-state index contributed by atoms with van der Waals surface area (Å²) in [6.07, 6.45) is 0. The van der Waals surface area contributed by atoms with Crippen molar-refractivity contribution in [2.75, 3.05) is 19.0 Å². The van der Waals surface area contributed by atoms with Crippen molar-refractivity contribution in [3.8, 4) is 0 Å². The number of hydrogen-bond donors (Lipinski definition) is 1. The molecule has 0 aliphatic carbocycles. The largest absolute Gasteiger partial charge is 0.383 e. The van der Waals surface area contributed by atoms with Gasteiger partial charge in [-0.1, -0.05) is 11.6 Å². The van der Waals surface area contributed by atoms with E-state index in [1.54, 1.807) is 13.2 Å². The second-order valence-corrected chi connectivity index (χ2v) is 3.57. The molecule has 1 atom stereocenters. The van der Waals surface area contributed by atoms with Crippen LogP contribution in [0.3, 0.4) is 0 Å². The van der Waals surface area contributed by atoms with E-state index in [4.69, 9.17) is 27.9 Å². The zero-order chi connectivity index (χ0) is 10.6. The quantitative estimate of drug-likeness (QED) is 0.643. The van der Waals surface area contributed by atoms with Crippen LogP contribution in [0.5, 0.6) is 0 Å². The van der Waals surface area contributed by atoms with Crippen molar-refractivity contribution >= 4 is 29.0 Å². The number of anilines is 1. The molecule has 14 heavy (non-hydrogen) atoms. The van der Waals surface area contributed by atoms with E-state index in [0.717, 1.165) is 0 Å². The zero-order valence-electron chi connectivity index (χ0n) is 7.92. The van der Waals surface area contributed by atoms with Gasteiger partial charge in [-0.25, -0.2) is 9.97 Å². The third-order valence-electron chi connectivity index (χ3n) is 1.48. The van der Waals surface area contributed by atoms with E-state index >= 15 is 0 Å². The van der Waals surface area contributed by atoms with Crippen LogP contribution in [0.1, 0.15) is 6.92 Å². The Morgan fingerprint density at radius 2 is 2.21 bits per heavy atom. The second kappa shape index (κ2) is 5.34. The number of hydrogen-bond acceptors (Lipinski definition) is 4. The normalized spacial score (nSPS) is 12.6. The van der Waals surface area contributed by atoms with E-state index < -0.39 is 0 Å². The molecule has 4 nitrogen and oxygen atoms in total. The molecule has 0 spiro atoms. The minimum Gasteiger partial charge on any atom is -0.383 e. The van der Waals surface area contributed by atoms with E-state index in [-0.39, 0.29) is 11.3 Å². The first-order valence-corrected chi connectivity index (χ1v) is 4.83. The average molecular weight is 236 g/mol. The number of nitrogens with one attached hydrogen (secondary N) is 1. The molecular weight excluding hydrogens is 225 g/mol. The van der Waals surface area contributed by atoms with Crippen LogP contribution in [-0.4, -0.2) is 29.7 Å². The molecule has 0 unspecified atom stereocenters. The van der Waals surface area contributed by atoms with Gasteiger partial charge in [-0.3, -0.25) is 0 Å². The van der Waals surface area contributed by atoms with E-state index in [2.05, 4.69) is 15.3 Å². The molecule has 0 radical (unpaired) electrons. The summed E-state index contributed by atoms with van der Waals surface area (Å²) in [5.41, 5.74) is 0. The summed E-state index contributed by atoms with van der Waals surface area (Å²) < 4.78 is 4.96. The van der Waals surface area contributed by atoms with Gasteiger partial charge in [0.15, 0.2) is 0 Å². The predicted molar refractivity (Wildman–Crippen MR) is 57.0 cm³/mol. The summed E-state index contributed by atoms with van der Waals surface area (Å²) in [5.74, 6) is 0.597. The van der Waals surface area contributed by atoms with Crippen molar-refractivity contribution in [2.45, 2.75) is 13.0 Å². The zero-order valence-corrected chi connectivity index (χ0v) is 9.43. The Morgan fingerprint density at radius 3 is 2.79 bits per heavy atom. The topological polar surface area (TPSA) is 47.0 Å². The molecule has 0 saturated carbocycles. The van der Waals surface area contributed by atoms with Gasteiger partial charge in [0.05, 0.1) is 6.61 Å². The summed E-state index contributed by atoms with van der Waals surface area (Å²) in [4.78, 5) is 7.70. The van der Waals surface area contributed by atoms with Gasteiger partial charge in [0, 0.05) is 19.2 Å². The lowest BCUT2D eigenvalue weighted by atomic mass is 10.3. The minimum absolute atomic E-state index is 0.129. The fraction of sp³-hybridized carbons (Fsp3) is 0.500. The van der Waals surface area contributed by atoms with Crippen molar-refractivity contribution in [1.29, 1.82) is 0 Å². The van der Waals surface area contributed by atoms with Crippen molar-refractivity contribution in [1.82, 2.24) is 9.97 Å². The Labute approximate surface area is 92.6 Å². The molecule has 0 aromatic carbocycles. The maximum absolute atomic E-state index is 5.70. The highest BCUT2D eigenvalue weighted by Crippen LogP contribution is 2.14. The average Bonchev–Trinajstić information content (AvgIpc) is 2.01. The van der Waals surface area contributed by atoms with Crippen LogP contribution in [0.15, 0.2) is 6.07 Å². The molecule has 78 valence electrons. The molecule has 1 N–H and O–H groups in total. The molecule has 0 amide bonds. The number of halogens is 2. The van der Waals surface area contributed by atoms with Crippen LogP contribution in [-0.2, 0) is 4.74 Å². The highest BCUT2D eigenvalue weighted by Gasteiger charge is 2.04. The molecule has 1 aromatic rings. The van der Waals surface area contributed by atoms with Gasteiger partial charge in [0.2, 0.25) is 5.28 Å². The molecule has 1 heterocycles. The maximum atomic E-state index is 5.70. The summed E-state index contributed by atoms with van der Waals surface area (Å²) in [5, 5.41) is 3.53. The van der Waals surface area contributed by atoms with Crippen molar-refractivity contribution in [3.63, 3.8) is 0 Å². The lowest BCUT2D eigenvalue weighted by Crippen LogP contribution is -2.21. The molecule has 1 rings (SSSR count). The van der Waals surface area contributed by atoms with Crippen LogP contribution in [0.4, 0.5) is 5.82 Å². The fourth-order valence-corrected chi connectivity index (χ4v) is 1.42. The lowest BCUT2D eigenvalue weighted by Gasteiger charge is -2.13. The molecule has 0 bridgehead atoms. The molecule has 0 aliphatic heterocycles. The predicted octanol–water partition coefficient (Wildman–Crippen LogP) is 2.23. The van der Waals surface area contributed by atoms with Crippen LogP contribution >= 0.6 is 23.2 Å². The van der Waals surface area contributed by atoms with Crippen molar-refractivity contribution < 1.29 is 4.74 Å². The number of rotatable bonds is 4. The van der Waals surface area contributed by atoms with Crippen LogP contribution < -0.4 is 5.32 Å². The van der Waals surface area contributed by atoms with Gasteiger partial charge >= 0.3 is 0 Å². The van der Waals surface area contributed by atoms with Gasteiger partial charge in [-0.05, 0) is 18.5 Å². The lowest BCUT2D eigenvalue weighted by molar-refractivity contribution is 0.190. The number of methoxy groups -OCH3 is 1. The van der Waals surface area contributed by atoms with E-state index in [0.29, 0.717) is 17.6 Å².